The lowest BCUT2D eigenvalue weighted by atomic mass is 10.8. The van der Waals surface area contributed by atoms with Crippen LogP contribution in [0.1, 0.15) is 0 Å². The van der Waals surface area contributed by atoms with E-state index in [0.29, 0.717) is 0 Å². The molecule has 5 heteroatoms. The van der Waals surface area contributed by atoms with Crippen molar-refractivity contribution >= 4 is 14.3 Å². The molecule has 42 valence electrons. The van der Waals surface area contributed by atoms with E-state index in [1.165, 1.54) is 0 Å². The summed E-state index contributed by atoms with van der Waals surface area (Å²) in [5.41, 5.74) is 0. The Morgan fingerprint density at radius 1 is 1.57 bits per heavy atom. The summed E-state index contributed by atoms with van der Waals surface area (Å²) in [6.07, 6.45) is -0.546. The molecule has 0 saturated heterocycles. The van der Waals surface area contributed by atoms with E-state index >= 15 is 0 Å². The Balaban J connectivity index is 3.13. The first-order valence-electron chi connectivity index (χ1n) is 1.50. The number of carboxylic acids is 1. The third-order valence-electron chi connectivity index (χ3n) is 0.277. The fourth-order valence-corrected chi connectivity index (χ4v) is 0.363. The Labute approximate surface area is 41.3 Å². The lowest BCUT2D eigenvalue weighted by Crippen LogP contribution is -1.98. The summed E-state index contributed by atoms with van der Waals surface area (Å²) in [4.78, 5) is 25.4. The van der Waals surface area contributed by atoms with E-state index in [2.05, 4.69) is 0 Å². The van der Waals surface area contributed by atoms with Gasteiger partial charge in [0.1, 0.15) is 6.16 Å². The molecule has 7 heavy (non-hydrogen) atoms. The molecule has 0 heterocycles. The topological polar surface area (TPSA) is 77.8 Å². The van der Waals surface area contributed by atoms with E-state index < -0.39 is 20.5 Å². The first-order valence-corrected chi connectivity index (χ1v) is 2.93. The van der Waals surface area contributed by atoms with Crippen LogP contribution in [0, 0.1) is 0 Å². The van der Waals surface area contributed by atoms with Crippen LogP contribution in [-0.2, 0) is 4.79 Å². The number of rotatable bonds is 2. The minimum Gasteiger partial charge on any atom is -0.481 e. The quantitative estimate of drug-likeness (QED) is 0.428. The molecule has 0 unspecified atom stereocenters. The molecule has 0 fully saturated rings. The third-order valence-corrected chi connectivity index (χ3v) is 0.830. The van der Waals surface area contributed by atoms with Gasteiger partial charge in [-0.05, 0) is 0 Å². The van der Waals surface area contributed by atoms with Gasteiger partial charge in [-0.3, -0.25) is 4.79 Å². The summed E-state index contributed by atoms with van der Waals surface area (Å²) < 4.78 is 0. The van der Waals surface area contributed by atoms with Crippen LogP contribution < -0.4 is 0 Å². The second kappa shape index (κ2) is 2.91. The van der Waals surface area contributed by atoms with Gasteiger partial charge in [0.05, 0.1) is 0 Å². The largest absolute Gasteiger partial charge is 0.481 e. The molecule has 0 rings (SSSR count). The maximum atomic E-state index is 9.51. The molecule has 0 bridgehead atoms. The van der Waals surface area contributed by atoms with Crippen molar-refractivity contribution in [1.29, 1.82) is 0 Å². The average molecular weight is 124 g/mol. The van der Waals surface area contributed by atoms with Gasteiger partial charge < -0.3 is 14.9 Å². The Bertz CT molecular complexity index is 70.1. The number of aliphatic carboxylic acids is 1. The van der Waals surface area contributed by atoms with Crippen molar-refractivity contribution in [2.24, 2.45) is 0 Å². The van der Waals surface area contributed by atoms with Crippen molar-refractivity contribution in [1.82, 2.24) is 0 Å². The van der Waals surface area contributed by atoms with E-state index in [-0.39, 0.29) is 0 Å². The van der Waals surface area contributed by atoms with Crippen LogP contribution in [0.3, 0.4) is 0 Å². The van der Waals surface area contributed by atoms with E-state index in [9.17, 15) is 4.79 Å². The summed E-state index contributed by atoms with van der Waals surface area (Å²) in [7, 11) is -2.24. The first kappa shape index (κ1) is 6.82. The average Bonchev–Trinajstić information content (AvgIpc) is 1.27. The highest BCUT2D eigenvalue weighted by atomic mass is 31.2. The van der Waals surface area contributed by atoms with Crippen molar-refractivity contribution in [2.45, 2.75) is 0 Å². The molecular formula is C2H5O4P. The van der Waals surface area contributed by atoms with Crippen LogP contribution in [0.2, 0.25) is 0 Å². The summed E-state index contributed by atoms with van der Waals surface area (Å²) in [5.74, 6) is -1.18. The highest BCUT2D eigenvalue weighted by Gasteiger charge is 2.03. The van der Waals surface area contributed by atoms with Crippen LogP contribution in [0.25, 0.3) is 0 Å². The van der Waals surface area contributed by atoms with Crippen molar-refractivity contribution in [2.75, 3.05) is 6.16 Å². The predicted molar refractivity (Wildman–Crippen MR) is 23.9 cm³/mol. The molecule has 0 spiro atoms. The van der Waals surface area contributed by atoms with Crippen LogP contribution >= 0.6 is 8.38 Å². The number of carbonyl (C=O) groups is 1. The van der Waals surface area contributed by atoms with Gasteiger partial charge >= 0.3 is 5.97 Å². The fourth-order valence-electron chi connectivity index (χ4n) is 0.121. The monoisotopic (exact) mass is 124 g/mol. The molecule has 0 aromatic heterocycles. The molecular weight excluding hydrogens is 119 g/mol. The second-order valence-corrected chi connectivity index (χ2v) is 1.98. The summed E-state index contributed by atoms with van der Waals surface area (Å²) >= 11 is 0. The lowest BCUT2D eigenvalue weighted by molar-refractivity contribution is -0.134. The van der Waals surface area contributed by atoms with Gasteiger partial charge in [-0.1, -0.05) is 0 Å². The summed E-state index contributed by atoms with van der Waals surface area (Å²) in [6, 6.07) is 0. The van der Waals surface area contributed by atoms with Gasteiger partial charge in [0.15, 0.2) is 8.38 Å². The summed E-state index contributed by atoms with van der Waals surface area (Å²) in [5, 5.41) is 7.78. The minimum atomic E-state index is -2.24. The molecule has 0 atom stereocenters. The molecule has 0 aromatic carbocycles. The van der Waals surface area contributed by atoms with Crippen molar-refractivity contribution < 1.29 is 19.7 Å². The lowest BCUT2D eigenvalue weighted by Gasteiger charge is -1.92. The zero-order valence-electron chi connectivity index (χ0n) is 3.40. The molecule has 0 saturated carbocycles. The van der Waals surface area contributed by atoms with E-state index in [0.717, 1.165) is 0 Å². The Hall–Kier alpha value is -0.180. The zero-order valence-corrected chi connectivity index (χ0v) is 4.30. The van der Waals surface area contributed by atoms with Crippen molar-refractivity contribution in [3.05, 3.63) is 0 Å². The van der Waals surface area contributed by atoms with Crippen LogP contribution in [0.4, 0.5) is 0 Å². The highest BCUT2D eigenvalue weighted by molar-refractivity contribution is 7.46. The minimum absolute atomic E-state index is 0.546. The van der Waals surface area contributed by atoms with E-state index in [1.54, 1.807) is 0 Å². The van der Waals surface area contributed by atoms with Gasteiger partial charge in [0, 0.05) is 0 Å². The number of hydrogen-bond donors (Lipinski definition) is 3. The highest BCUT2D eigenvalue weighted by Crippen LogP contribution is 2.20. The molecule has 4 nitrogen and oxygen atoms in total. The normalized spacial score (nSPS) is 9.57. The smallest absolute Gasteiger partial charge is 0.312 e. The zero-order chi connectivity index (χ0) is 5.86. The van der Waals surface area contributed by atoms with Crippen LogP contribution in [-0.4, -0.2) is 27.0 Å². The van der Waals surface area contributed by atoms with Crippen LogP contribution in [0.15, 0.2) is 0 Å². The number of hydrogen-bond acceptors (Lipinski definition) is 3. The Morgan fingerprint density at radius 3 is 2.00 bits per heavy atom. The molecule has 3 N–H and O–H groups in total. The molecule has 0 aromatic rings. The van der Waals surface area contributed by atoms with Gasteiger partial charge in [-0.25, -0.2) is 0 Å². The molecule has 0 radical (unpaired) electrons. The first-order chi connectivity index (χ1) is 3.13. The maximum Gasteiger partial charge on any atom is 0.312 e. The maximum absolute atomic E-state index is 9.51. The standard InChI is InChI=1S/C2H5O4P/c3-2(4)1-7(5)6/h5-6H,1H2,(H,3,4). The second-order valence-electron chi connectivity index (χ2n) is 0.924. The SMILES string of the molecule is O=C(O)CP(O)O. The van der Waals surface area contributed by atoms with E-state index in [4.69, 9.17) is 14.9 Å². The predicted octanol–water partition coefficient (Wildman–Crippen LogP) is -0.633. The fraction of sp³-hybridized carbons (Fsp3) is 0.500. The van der Waals surface area contributed by atoms with E-state index in [1.807, 2.05) is 0 Å². The van der Waals surface area contributed by atoms with Gasteiger partial charge in [0.25, 0.3) is 0 Å². The Kier molecular flexibility index (Phi) is 2.83. The van der Waals surface area contributed by atoms with Crippen molar-refractivity contribution in [3.63, 3.8) is 0 Å². The number of carboxylic acid groups (broad SMARTS) is 1. The molecule has 0 aliphatic heterocycles. The van der Waals surface area contributed by atoms with Crippen molar-refractivity contribution in [3.8, 4) is 0 Å². The Morgan fingerprint density at radius 2 is 2.00 bits per heavy atom. The van der Waals surface area contributed by atoms with Gasteiger partial charge in [-0.15, -0.1) is 0 Å². The molecule has 0 aliphatic rings. The van der Waals surface area contributed by atoms with Crippen LogP contribution in [0.5, 0.6) is 0 Å². The van der Waals surface area contributed by atoms with Gasteiger partial charge in [0.2, 0.25) is 0 Å². The van der Waals surface area contributed by atoms with Gasteiger partial charge in [-0.2, -0.15) is 0 Å². The molecule has 0 amide bonds. The third kappa shape index (κ3) is 5.82. The summed E-state index contributed by atoms with van der Waals surface area (Å²) in [6.45, 7) is 0. The molecule has 0 aliphatic carbocycles.